The molecule has 3 aromatic heterocycles. The zero-order valence-corrected chi connectivity index (χ0v) is 11.6. The Kier molecular flexibility index (Phi) is 2.16. The van der Waals surface area contributed by atoms with Crippen LogP contribution < -0.4 is 0 Å². The lowest BCUT2D eigenvalue weighted by atomic mass is 10.2. The summed E-state index contributed by atoms with van der Waals surface area (Å²) in [6.45, 7) is 0. The second kappa shape index (κ2) is 3.27. The molecule has 0 saturated carbocycles. The van der Waals surface area contributed by atoms with Gasteiger partial charge in [0.05, 0.1) is 13.0 Å². The Morgan fingerprint density at radius 3 is 3.00 bits per heavy atom. The topological polar surface area (TPSA) is 12.9 Å². The lowest BCUT2D eigenvalue weighted by Crippen LogP contribution is -1.71. The van der Waals surface area contributed by atoms with E-state index in [1.165, 1.54) is 15.5 Å². The fourth-order valence-corrected chi connectivity index (χ4v) is 4.42. The predicted octanol–water partition coefficient (Wildman–Crippen LogP) is 5.04. The SMILES string of the molecule is Brc1sc2ncc3sccc3c2c1Br. The maximum absolute atomic E-state index is 4.43. The summed E-state index contributed by atoms with van der Waals surface area (Å²) < 4.78 is 3.47. The molecule has 0 bridgehead atoms. The number of nitrogens with zero attached hydrogens (tertiary/aromatic N) is 1. The number of halogens is 2. The summed E-state index contributed by atoms with van der Waals surface area (Å²) >= 11 is 10.5. The first-order valence-electron chi connectivity index (χ1n) is 3.87. The van der Waals surface area contributed by atoms with Crippen molar-refractivity contribution in [2.45, 2.75) is 0 Å². The molecule has 5 heteroatoms. The fourth-order valence-electron chi connectivity index (χ4n) is 1.44. The highest BCUT2D eigenvalue weighted by Crippen LogP contribution is 2.42. The number of pyridine rings is 1. The van der Waals surface area contributed by atoms with E-state index in [-0.39, 0.29) is 0 Å². The largest absolute Gasteiger partial charge is 0.244 e. The molecule has 0 spiro atoms. The minimum absolute atomic E-state index is 1.08. The summed E-state index contributed by atoms with van der Waals surface area (Å²) in [6, 6.07) is 2.15. The van der Waals surface area contributed by atoms with Crippen LogP contribution in [0.5, 0.6) is 0 Å². The van der Waals surface area contributed by atoms with Crippen LogP contribution in [0.2, 0.25) is 0 Å². The molecule has 3 heterocycles. The van der Waals surface area contributed by atoms with E-state index in [2.05, 4.69) is 48.3 Å². The van der Waals surface area contributed by atoms with Gasteiger partial charge in [-0.05, 0) is 43.3 Å². The monoisotopic (exact) mass is 347 g/mol. The van der Waals surface area contributed by atoms with Crippen LogP contribution in [0, 0.1) is 0 Å². The Balaban J connectivity index is 2.66. The molecule has 0 saturated heterocycles. The van der Waals surface area contributed by atoms with E-state index >= 15 is 0 Å². The lowest BCUT2D eigenvalue weighted by Gasteiger charge is -1.92. The molecule has 0 unspecified atom stereocenters. The van der Waals surface area contributed by atoms with E-state index in [9.17, 15) is 0 Å². The Morgan fingerprint density at radius 1 is 1.29 bits per heavy atom. The first-order valence-corrected chi connectivity index (χ1v) is 7.15. The third kappa shape index (κ3) is 1.19. The van der Waals surface area contributed by atoms with Gasteiger partial charge >= 0.3 is 0 Å². The summed E-state index contributed by atoms with van der Waals surface area (Å²) in [7, 11) is 0. The van der Waals surface area contributed by atoms with E-state index in [1.807, 2.05) is 6.20 Å². The highest BCUT2D eigenvalue weighted by Gasteiger charge is 2.12. The molecule has 70 valence electrons. The average Bonchev–Trinajstić information content (AvgIpc) is 2.72. The fraction of sp³-hybridized carbons (Fsp3) is 0. The normalized spacial score (nSPS) is 11.6. The van der Waals surface area contributed by atoms with Gasteiger partial charge in [0.25, 0.3) is 0 Å². The minimum atomic E-state index is 1.08. The highest BCUT2D eigenvalue weighted by molar-refractivity contribution is 9.13. The van der Waals surface area contributed by atoms with Crippen molar-refractivity contribution in [1.82, 2.24) is 4.98 Å². The predicted molar refractivity (Wildman–Crippen MR) is 70.4 cm³/mol. The third-order valence-corrected chi connectivity index (χ3v) is 6.26. The van der Waals surface area contributed by atoms with Crippen molar-refractivity contribution in [3.8, 4) is 0 Å². The van der Waals surface area contributed by atoms with Gasteiger partial charge in [0.2, 0.25) is 0 Å². The smallest absolute Gasteiger partial charge is 0.126 e. The number of hydrogen-bond acceptors (Lipinski definition) is 3. The van der Waals surface area contributed by atoms with Crippen molar-refractivity contribution in [1.29, 1.82) is 0 Å². The Bertz CT molecular complexity index is 626. The second-order valence-electron chi connectivity index (χ2n) is 2.83. The number of aromatic nitrogens is 1. The van der Waals surface area contributed by atoms with Crippen molar-refractivity contribution < 1.29 is 0 Å². The third-order valence-electron chi connectivity index (χ3n) is 2.06. The van der Waals surface area contributed by atoms with E-state index in [0.717, 1.165) is 13.1 Å². The number of thiophene rings is 2. The van der Waals surface area contributed by atoms with Gasteiger partial charge in [0.15, 0.2) is 0 Å². The van der Waals surface area contributed by atoms with Crippen molar-refractivity contribution in [2.75, 3.05) is 0 Å². The van der Waals surface area contributed by atoms with Gasteiger partial charge in [-0.1, -0.05) is 0 Å². The first kappa shape index (κ1) is 9.27. The first-order chi connectivity index (χ1) is 6.77. The Hall–Kier alpha value is 0.0300. The van der Waals surface area contributed by atoms with Crippen LogP contribution in [0.1, 0.15) is 0 Å². The molecule has 0 N–H and O–H groups in total. The molecule has 0 aliphatic heterocycles. The van der Waals surface area contributed by atoms with Gasteiger partial charge in [-0.15, -0.1) is 22.7 Å². The Labute approximate surface area is 105 Å². The van der Waals surface area contributed by atoms with E-state index in [1.54, 1.807) is 22.7 Å². The van der Waals surface area contributed by atoms with E-state index in [4.69, 9.17) is 0 Å². The Morgan fingerprint density at radius 2 is 2.14 bits per heavy atom. The zero-order valence-electron chi connectivity index (χ0n) is 6.75. The molecule has 0 radical (unpaired) electrons. The van der Waals surface area contributed by atoms with Crippen LogP contribution in [0.15, 0.2) is 25.9 Å². The van der Waals surface area contributed by atoms with Gasteiger partial charge < -0.3 is 0 Å². The average molecular weight is 349 g/mol. The molecule has 3 aromatic rings. The molecule has 0 fully saturated rings. The maximum atomic E-state index is 4.43. The second-order valence-corrected chi connectivity index (χ2v) is 6.88. The van der Waals surface area contributed by atoms with Crippen LogP contribution in [-0.4, -0.2) is 4.98 Å². The van der Waals surface area contributed by atoms with Crippen LogP contribution in [0.25, 0.3) is 20.3 Å². The zero-order chi connectivity index (χ0) is 9.71. The lowest BCUT2D eigenvalue weighted by molar-refractivity contribution is 1.49. The van der Waals surface area contributed by atoms with E-state index < -0.39 is 0 Å². The van der Waals surface area contributed by atoms with Crippen molar-refractivity contribution >= 4 is 74.8 Å². The summed E-state index contributed by atoms with van der Waals surface area (Å²) in [6.07, 6.45) is 1.94. The van der Waals surface area contributed by atoms with E-state index in [0.29, 0.717) is 0 Å². The molecular formula is C9H3Br2NS2. The van der Waals surface area contributed by atoms with Crippen molar-refractivity contribution in [3.05, 3.63) is 25.9 Å². The van der Waals surface area contributed by atoms with Gasteiger partial charge in [-0.25, -0.2) is 4.98 Å². The van der Waals surface area contributed by atoms with Gasteiger partial charge in [0, 0.05) is 17.0 Å². The molecule has 0 amide bonds. The van der Waals surface area contributed by atoms with Gasteiger partial charge in [-0.3, -0.25) is 0 Å². The molecule has 14 heavy (non-hydrogen) atoms. The summed E-state index contributed by atoms with van der Waals surface area (Å²) in [5, 5.41) is 4.61. The summed E-state index contributed by atoms with van der Waals surface area (Å²) in [4.78, 5) is 5.51. The van der Waals surface area contributed by atoms with Crippen LogP contribution in [0.3, 0.4) is 0 Å². The molecule has 3 rings (SSSR count). The molecule has 0 aliphatic carbocycles. The molecule has 1 nitrogen and oxygen atoms in total. The summed E-state index contributed by atoms with van der Waals surface area (Å²) in [5.74, 6) is 0. The van der Waals surface area contributed by atoms with Gasteiger partial charge in [0.1, 0.15) is 4.83 Å². The van der Waals surface area contributed by atoms with Crippen LogP contribution >= 0.6 is 54.5 Å². The van der Waals surface area contributed by atoms with Crippen LogP contribution in [-0.2, 0) is 0 Å². The number of hydrogen-bond donors (Lipinski definition) is 0. The summed E-state index contributed by atoms with van der Waals surface area (Å²) in [5.41, 5.74) is 0. The number of rotatable bonds is 0. The van der Waals surface area contributed by atoms with Gasteiger partial charge in [-0.2, -0.15) is 0 Å². The maximum Gasteiger partial charge on any atom is 0.126 e. The quantitative estimate of drug-likeness (QED) is 0.554. The minimum Gasteiger partial charge on any atom is -0.244 e. The highest BCUT2D eigenvalue weighted by atomic mass is 79.9. The van der Waals surface area contributed by atoms with Crippen molar-refractivity contribution in [2.24, 2.45) is 0 Å². The standard InChI is InChI=1S/C9H3Br2NS2/c10-7-6-4-1-2-13-5(4)3-12-9(6)14-8(7)11/h1-3H. The molecule has 0 atom stereocenters. The molecular weight excluding hydrogens is 346 g/mol. The van der Waals surface area contributed by atoms with Crippen molar-refractivity contribution in [3.63, 3.8) is 0 Å². The molecule has 0 aromatic carbocycles. The molecule has 0 aliphatic rings. The van der Waals surface area contributed by atoms with Crippen LogP contribution in [0.4, 0.5) is 0 Å². The number of fused-ring (bicyclic) bond motifs is 3.